The van der Waals surface area contributed by atoms with Gasteiger partial charge in [0.25, 0.3) is 0 Å². The van der Waals surface area contributed by atoms with Gasteiger partial charge in [0.1, 0.15) is 12.7 Å². The molecule has 1 aliphatic rings. The Hall–Kier alpha value is -1.98. The van der Waals surface area contributed by atoms with Crippen LogP contribution in [-0.4, -0.2) is 30.6 Å². The lowest BCUT2D eigenvalue weighted by Crippen LogP contribution is -2.41. The Bertz CT molecular complexity index is 595. The molecule has 0 bridgehead atoms. The molecule has 0 aliphatic carbocycles. The average molecular weight is 376 g/mol. The molecule has 1 fully saturated rings. The Balaban J connectivity index is 0.00000163. The lowest BCUT2D eigenvalue weighted by atomic mass is 10.2. The van der Waals surface area contributed by atoms with E-state index >= 15 is 0 Å². The molecule has 0 aromatic heterocycles. The second-order valence-electron chi connectivity index (χ2n) is 5.29. The molecule has 1 aromatic carbocycles. The van der Waals surface area contributed by atoms with Crippen LogP contribution in [-0.2, 0) is 16.1 Å². The summed E-state index contributed by atoms with van der Waals surface area (Å²) in [5.41, 5.74) is 0.962. The highest BCUT2D eigenvalue weighted by molar-refractivity contribution is 8.03. The van der Waals surface area contributed by atoms with Crippen LogP contribution < -0.4 is 5.32 Å². The van der Waals surface area contributed by atoms with Gasteiger partial charge in [-0.05, 0) is 18.6 Å². The molecular weight excluding hydrogens is 346 g/mol. The number of nitrogens with one attached hydrogen (secondary N) is 1. The van der Waals surface area contributed by atoms with E-state index in [-0.39, 0.29) is 18.8 Å². The van der Waals surface area contributed by atoms with Crippen LogP contribution >= 0.6 is 11.8 Å². The predicted molar refractivity (Wildman–Crippen MR) is 110 cm³/mol. The maximum absolute atomic E-state index is 12.0. The monoisotopic (exact) mass is 375 g/mol. The number of carbonyl (C=O) groups is 1. The van der Waals surface area contributed by atoms with Gasteiger partial charge in [-0.25, -0.2) is 4.79 Å². The molecule has 1 heterocycles. The predicted octanol–water partition coefficient (Wildman–Crippen LogP) is 5.09. The van der Waals surface area contributed by atoms with Gasteiger partial charge in [0.2, 0.25) is 0 Å². The van der Waals surface area contributed by atoms with E-state index in [0.29, 0.717) is 12.4 Å². The van der Waals surface area contributed by atoms with Crippen LogP contribution in [0.1, 0.15) is 26.3 Å². The van der Waals surface area contributed by atoms with Crippen molar-refractivity contribution in [3.8, 4) is 0 Å². The van der Waals surface area contributed by atoms with E-state index in [1.54, 1.807) is 11.8 Å². The summed E-state index contributed by atoms with van der Waals surface area (Å²) in [6, 6.07) is 9.54. The molecule has 0 spiro atoms. The maximum Gasteiger partial charge on any atom is 0.407 e. The minimum atomic E-state index is -0.419. The van der Waals surface area contributed by atoms with Gasteiger partial charge >= 0.3 is 6.09 Å². The molecule has 1 aromatic rings. The summed E-state index contributed by atoms with van der Waals surface area (Å²) in [4.78, 5) is 13.1. The Labute approximate surface area is 161 Å². The minimum Gasteiger partial charge on any atom is -0.445 e. The lowest BCUT2D eigenvalue weighted by Gasteiger charge is -2.16. The minimum absolute atomic E-state index is 0.0644. The Kier molecular flexibility index (Phi) is 11.2. The zero-order valence-corrected chi connectivity index (χ0v) is 16.6. The van der Waals surface area contributed by atoms with E-state index in [4.69, 9.17) is 9.47 Å². The van der Waals surface area contributed by atoms with Crippen LogP contribution in [0.3, 0.4) is 0 Å². The van der Waals surface area contributed by atoms with Crippen molar-refractivity contribution < 1.29 is 14.3 Å². The van der Waals surface area contributed by atoms with Crippen LogP contribution in [0.2, 0.25) is 0 Å². The largest absolute Gasteiger partial charge is 0.445 e. The molecule has 2 atom stereocenters. The Morgan fingerprint density at radius 3 is 2.69 bits per heavy atom. The molecule has 0 radical (unpaired) electrons. The number of ether oxygens (including phenoxy) is 2. The zero-order valence-electron chi connectivity index (χ0n) is 15.8. The fraction of sp³-hybridized carbons (Fsp3) is 0.381. The highest BCUT2D eigenvalue weighted by atomic mass is 32.2. The summed E-state index contributed by atoms with van der Waals surface area (Å²) in [7, 11) is 0. The molecule has 1 saturated heterocycles. The van der Waals surface area contributed by atoms with Crippen LogP contribution in [0.5, 0.6) is 0 Å². The van der Waals surface area contributed by atoms with Crippen molar-refractivity contribution in [2.24, 2.45) is 0 Å². The van der Waals surface area contributed by atoms with Gasteiger partial charge in [-0.3, -0.25) is 0 Å². The first-order valence-corrected chi connectivity index (χ1v) is 9.88. The molecule has 142 valence electrons. The van der Waals surface area contributed by atoms with Crippen molar-refractivity contribution in [2.45, 2.75) is 39.5 Å². The number of rotatable bonds is 9. The van der Waals surface area contributed by atoms with E-state index in [1.807, 2.05) is 75.4 Å². The van der Waals surface area contributed by atoms with Crippen molar-refractivity contribution in [1.82, 2.24) is 5.32 Å². The molecule has 0 saturated carbocycles. The van der Waals surface area contributed by atoms with Gasteiger partial charge in [0, 0.05) is 10.7 Å². The molecule has 5 heteroatoms. The van der Waals surface area contributed by atoms with Gasteiger partial charge in [-0.1, -0.05) is 69.0 Å². The van der Waals surface area contributed by atoms with Crippen molar-refractivity contribution in [3.05, 3.63) is 71.7 Å². The molecule has 4 nitrogen and oxygen atoms in total. The summed E-state index contributed by atoms with van der Waals surface area (Å²) >= 11 is 1.64. The first-order valence-electron chi connectivity index (χ1n) is 8.90. The SMILES string of the molecule is C=C/C(=C\C=C/C)SCC(NC(=O)OCc1ccccc1)C1CO1.CC. The van der Waals surface area contributed by atoms with Crippen LogP contribution in [0.15, 0.2) is 66.1 Å². The summed E-state index contributed by atoms with van der Waals surface area (Å²) in [5, 5.41) is 2.90. The Morgan fingerprint density at radius 2 is 2.12 bits per heavy atom. The van der Waals surface area contributed by atoms with Gasteiger partial charge in [0.05, 0.1) is 12.6 Å². The molecule has 1 aliphatic heterocycles. The highest BCUT2D eigenvalue weighted by Gasteiger charge is 2.34. The molecule has 2 rings (SSSR count). The Morgan fingerprint density at radius 1 is 1.42 bits per heavy atom. The fourth-order valence-electron chi connectivity index (χ4n) is 2.00. The van der Waals surface area contributed by atoms with Crippen molar-refractivity contribution in [2.75, 3.05) is 12.4 Å². The van der Waals surface area contributed by atoms with Crippen LogP contribution in [0, 0.1) is 0 Å². The fourth-order valence-corrected chi connectivity index (χ4v) is 2.96. The number of benzene rings is 1. The number of thioether (sulfide) groups is 1. The summed E-state index contributed by atoms with van der Waals surface area (Å²) in [6.45, 7) is 10.7. The van der Waals surface area contributed by atoms with Gasteiger partial charge in [0.15, 0.2) is 0 Å². The van der Waals surface area contributed by atoms with Gasteiger partial charge < -0.3 is 14.8 Å². The molecule has 1 amide bonds. The maximum atomic E-state index is 12.0. The number of carbonyl (C=O) groups excluding carboxylic acids is 1. The summed E-state index contributed by atoms with van der Waals surface area (Å²) < 4.78 is 10.6. The normalized spacial score (nSPS) is 17.0. The third-order valence-electron chi connectivity index (χ3n) is 3.41. The number of alkyl carbamates (subject to hydrolysis) is 1. The average Bonchev–Trinajstić information content (AvgIpc) is 3.53. The summed E-state index contributed by atoms with van der Waals surface area (Å²) in [5.74, 6) is 0.709. The van der Waals surface area contributed by atoms with E-state index in [2.05, 4.69) is 11.9 Å². The summed E-state index contributed by atoms with van der Waals surface area (Å²) in [6.07, 6.45) is 7.38. The van der Waals surface area contributed by atoms with Crippen LogP contribution in [0.4, 0.5) is 4.79 Å². The van der Waals surface area contributed by atoms with Gasteiger partial charge in [-0.15, -0.1) is 11.8 Å². The standard InChI is InChI=1S/C19H23NO3S.C2H6/c1-3-5-11-16(4-2)24-14-17(18-13-22-18)20-19(21)23-12-15-9-7-6-8-10-15;1-2/h3-11,17-18H,2,12-14H2,1H3,(H,20,21);1-2H3/b5-3-,16-11+;. The zero-order chi connectivity index (χ0) is 19.2. The number of allylic oxidation sites excluding steroid dienone is 4. The number of amides is 1. The van der Waals surface area contributed by atoms with E-state index in [0.717, 1.165) is 10.5 Å². The second-order valence-corrected chi connectivity index (χ2v) is 6.39. The highest BCUT2D eigenvalue weighted by Crippen LogP contribution is 2.23. The molecule has 1 N–H and O–H groups in total. The van der Waals surface area contributed by atoms with Gasteiger partial charge in [-0.2, -0.15) is 0 Å². The number of hydrogen-bond donors (Lipinski definition) is 1. The topological polar surface area (TPSA) is 50.9 Å². The molecular formula is C21H29NO3S. The van der Waals surface area contributed by atoms with E-state index < -0.39 is 6.09 Å². The third kappa shape index (κ3) is 8.92. The first-order chi connectivity index (χ1) is 12.7. The quantitative estimate of drug-likeness (QED) is 0.483. The number of epoxide rings is 1. The van der Waals surface area contributed by atoms with Crippen molar-refractivity contribution >= 4 is 17.9 Å². The van der Waals surface area contributed by atoms with Crippen molar-refractivity contribution in [1.29, 1.82) is 0 Å². The second kappa shape index (κ2) is 13.3. The molecule has 26 heavy (non-hydrogen) atoms. The first kappa shape index (κ1) is 22.1. The van der Waals surface area contributed by atoms with Crippen LogP contribution in [0.25, 0.3) is 0 Å². The number of hydrogen-bond acceptors (Lipinski definition) is 4. The lowest BCUT2D eigenvalue weighted by molar-refractivity contribution is 0.134. The van der Waals surface area contributed by atoms with E-state index in [1.165, 1.54) is 0 Å². The third-order valence-corrected chi connectivity index (χ3v) is 4.57. The van der Waals surface area contributed by atoms with Crippen molar-refractivity contribution in [3.63, 3.8) is 0 Å². The molecule has 2 unspecified atom stereocenters. The smallest absolute Gasteiger partial charge is 0.407 e. The van der Waals surface area contributed by atoms with E-state index in [9.17, 15) is 4.79 Å².